The Bertz CT molecular complexity index is 694. The van der Waals surface area contributed by atoms with Crippen LogP contribution in [0.1, 0.15) is 17.7 Å². The van der Waals surface area contributed by atoms with Gasteiger partial charge in [0.05, 0.1) is 13.0 Å². The minimum absolute atomic E-state index is 0.00373. The van der Waals surface area contributed by atoms with Crippen LogP contribution < -0.4 is 5.32 Å². The van der Waals surface area contributed by atoms with Gasteiger partial charge >= 0.3 is 5.97 Å². The first-order chi connectivity index (χ1) is 11.3. The molecule has 1 saturated heterocycles. The number of carbonyl (C=O) groups is 2. The zero-order valence-electron chi connectivity index (χ0n) is 13.2. The Kier molecular flexibility index (Phi) is 6.33. The number of carboxylic acid groups (broad SMARTS) is 1. The molecule has 2 N–H and O–H groups in total. The summed E-state index contributed by atoms with van der Waals surface area (Å²) >= 11 is 1.06. The average molecular weight is 376 g/mol. The highest BCUT2D eigenvalue weighted by molar-refractivity contribution is 7.91. The molecule has 2 heterocycles. The second-order valence-corrected chi connectivity index (χ2v) is 8.71. The van der Waals surface area contributed by atoms with Crippen molar-refractivity contribution in [1.29, 1.82) is 0 Å². The standard InChI is InChI=1S/C14H20N2O6S2/c1-22-11(14(18)19)9-15-12(17)8-10-4-5-13(23-10)24(20,21)16-6-2-3-7-16/h4-5,11H,2-3,6-9H2,1H3,(H,15,17)(H,18,19). The maximum atomic E-state index is 12.4. The van der Waals surface area contributed by atoms with Crippen molar-refractivity contribution in [3.63, 3.8) is 0 Å². The summed E-state index contributed by atoms with van der Waals surface area (Å²) in [7, 11) is -2.22. The van der Waals surface area contributed by atoms with Gasteiger partial charge in [-0.25, -0.2) is 13.2 Å². The van der Waals surface area contributed by atoms with Gasteiger partial charge in [-0.1, -0.05) is 0 Å². The Morgan fingerprint density at radius 3 is 2.62 bits per heavy atom. The third-order valence-electron chi connectivity index (χ3n) is 3.68. The summed E-state index contributed by atoms with van der Waals surface area (Å²) in [5.74, 6) is -1.54. The molecule has 1 unspecified atom stereocenters. The van der Waals surface area contributed by atoms with Crippen molar-refractivity contribution in [2.75, 3.05) is 26.7 Å². The van der Waals surface area contributed by atoms with Crippen LogP contribution in [0.5, 0.6) is 0 Å². The van der Waals surface area contributed by atoms with E-state index in [9.17, 15) is 18.0 Å². The van der Waals surface area contributed by atoms with Crippen LogP contribution in [0, 0.1) is 0 Å². The number of rotatable bonds is 8. The molecule has 24 heavy (non-hydrogen) atoms. The molecule has 8 nitrogen and oxygen atoms in total. The van der Waals surface area contributed by atoms with Gasteiger partial charge in [0, 0.05) is 25.1 Å². The van der Waals surface area contributed by atoms with Crippen LogP contribution in [0.15, 0.2) is 16.3 Å². The van der Waals surface area contributed by atoms with E-state index in [4.69, 9.17) is 9.84 Å². The SMILES string of the molecule is COC(CNC(=O)Cc1ccc(S(=O)(=O)N2CCCC2)s1)C(=O)O. The smallest absolute Gasteiger partial charge is 0.334 e. The molecule has 1 fully saturated rings. The Morgan fingerprint density at radius 1 is 1.38 bits per heavy atom. The predicted octanol–water partition coefficient (Wildman–Crippen LogP) is 0.291. The lowest BCUT2D eigenvalue weighted by molar-refractivity contribution is -0.148. The molecule has 1 aromatic rings. The number of aliphatic carboxylic acids is 1. The van der Waals surface area contributed by atoms with E-state index in [-0.39, 0.29) is 23.1 Å². The van der Waals surface area contributed by atoms with Crippen LogP contribution >= 0.6 is 11.3 Å². The molecule has 1 aliphatic heterocycles. The fraction of sp³-hybridized carbons (Fsp3) is 0.571. The van der Waals surface area contributed by atoms with Crippen molar-refractivity contribution in [3.8, 4) is 0 Å². The lowest BCUT2D eigenvalue weighted by Crippen LogP contribution is -2.38. The van der Waals surface area contributed by atoms with Gasteiger partial charge < -0.3 is 15.2 Å². The highest BCUT2D eigenvalue weighted by Gasteiger charge is 2.28. The van der Waals surface area contributed by atoms with Gasteiger partial charge in [0.25, 0.3) is 10.0 Å². The highest BCUT2D eigenvalue weighted by Crippen LogP contribution is 2.27. The van der Waals surface area contributed by atoms with E-state index in [1.807, 2.05) is 0 Å². The van der Waals surface area contributed by atoms with E-state index in [1.54, 1.807) is 6.07 Å². The number of nitrogens with one attached hydrogen (secondary N) is 1. The summed E-state index contributed by atoms with van der Waals surface area (Å²) in [6.45, 7) is 0.919. The Balaban J connectivity index is 1.93. The fourth-order valence-corrected chi connectivity index (χ4v) is 5.37. The molecule has 1 atom stereocenters. The van der Waals surface area contributed by atoms with Gasteiger partial charge in [0.1, 0.15) is 4.21 Å². The largest absolute Gasteiger partial charge is 0.479 e. The molecule has 1 aliphatic rings. The van der Waals surface area contributed by atoms with Crippen LogP contribution in [0.3, 0.4) is 0 Å². The Hall–Kier alpha value is -1.49. The summed E-state index contributed by atoms with van der Waals surface area (Å²) in [4.78, 5) is 23.3. The fourth-order valence-electron chi connectivity index (χ4n) is 2.35. The Labute approximate surface area is 144 Å². The van der Waals surface area contributed by atoms with Crippen molar-refractivity contribution in [1.82, 2.24) is 9.62 Å². The number of methoxy groups -OCH3 is 1. The molecule has 0 bridgehead atoms. The molecule has 0 aromatic carbocycles. The van der Waals surface area contributed by atoms with Gasteiger partial charge in [-0.3, -0.25) is 4.79 Å². The van der Waals surface area contributed by atoms with Gasteiger partial charge in [0.15, 0.2) is 6.10 Å². The average Bonchev–Trinajstić information content (AvgIpc) is 3.19. The first kappa shape index (κ1) is 18.8. The van der Waals surface area contributed by atoms with E-state index in [1.165, 1.54) is 17.5 Å². The van der Waals surface area contributed by atoms with E-state index in [0.717, 1.165) is 24.2 Å². The van der Waals surface area contributed by atoms with Gasteiger partial charge in [-0.05, 0) is 25.0 Å². The van der Waals surface area contributed by atoms with E-state index < -0.39 is 22.1 Å². The molecule has 1 amide bonds. The summed E-state index contributed by atoms with van der Waals surface area (Å²) < 4.78 is 31.2. The van der Waals surface area contributed by atoms with Crippen LogP contribution in [0.25, 0.3) is 0 Å². The molecule has 0 radical (unpaired) electrons. The molecular formula is C14H20N2O6S2. The van der Waals surface area contributed by atoms with Crippen LogP contribution in [-0.4, -0.2) is 62.6 Å². The summed E-state index contributed by atoms with van der Waals surface area (Å²) in [6, 6.07) is 3.12. The molecule has 0 saturated carbocycles. The van der Waals surface area contributed by atoms with E-state index in [2.05, 4.69) is 5.32 Å². The minimum atomic E-state index is -3.47. The first-order valence-electron chi connectivity index (χ1n) is 7.45. The molecule has 1 aromatic heterocycles. The van der Waals surface area contributed by atoms with Crippen LogP contribution in [-0.2, 0) is 30.8 Å². The van der Waals surface area contributed by atoms with Gasteiger partial charge in [-0.15, -0.1) is 11.3 Å². The monoisotopic (exact) mass is 376 g/mol. The number of hydrogen-bond acceptors (Lipinski definition) is 6. The van der Waals surface area contributed by atoms with Gasteiger partial charge in [0.2, 0.25) is 5.91 Å². The number of carboxylic acids is 1. The van der Waals surface area contributed by atoms with Crippen molar-refractivity contribution >= 4 is 33.2 Å². The second-order valence-electron chi connectivity index (χ2n) is 5.38. The molecule has 10 heteroatoms. The zero-order chi connectivity index (χ0) is 17.7. The number of hydrogen-bond donors (Lipinski definition) is 2. The van der Waals surface area contributed by atoms with E-state index in [0.29, 0.717) is 18.0 Å². The molecule has 2 rings (SSSR count). The van der Waals surface area contributed by atoms with Crippen LogP contribution in [0.2, 0.25) is 0 Å². The third kappa shape index (κ3) is 4.53. The molecule has 134 valence electrons. The van der Waals surface area contributed by atoms with Crippen LogP contribution in [0.4, 0.5) is 0 Å². The summed E-state index contributed by atoms with van der Waals surface area (Å²) in [5.41, 5.74) is 0. The third-order valence-corrected chi connectivity index (χ3v) is 7.13. The van der Waals surface area contributed by atoms with Crippen molar-refractivity contribution < 1.29 is 27.9 Å². The quantitative estimate of drug-likeness (QED) is 0.674. The number of ether oxygens (including phenoxy) is 1. The number of carbonyl (C=O) groups excluding carboxylic acids is 1. The maximum Gasteiger partial charge on any atom is 0.334 e. The van der Waals surface area contributed by atoms with Crippen molar-refractivity contribution in [3.05, 3.63) is 17.0 Å². The normalized spacial score (nSPS) is 16.9. The molecule has 0 aliphatic carbocycles. The van der Waals surface area contributed by atoms with Gasteiger partial charge in [-0.2, -0.15) is 4.31 Å². The number of amides is 1. The van der Waals surface area contributed by atoms with Crippen molar-refractivity contribution in [2.24, 2.45) is 0 Å². The topological polar surface area (TPSA) is 113 Å². The summed E-state index contributed by atoms with van der Waals surface area (Å²) in [5, 5.41) is 11.3. The number of nitrogens with zero attached hydrogens (tertiary/aromatic N) is 1. The first-order valence-corrected chi connectivity index (χ1v) is 9.71. The summed E-state index contributed by atoms with van der Waals surface area (Å²) in [6.07, 6.45) is 0.619. The second kappa shape index (κ2) is 8.06. The number of sulfonamides is 1. The van der Waals surface area contributed by atoms with E-state index >= 15 is 0 Å². The maximum absolute atomic E-state index is 12.4. The number of thiophene rings is 1. The van der Waals surface area contributed by atoms with Crippen molar-refractivity contribution in [2.45, 2.75) is 29.6 Å². The highest BCUT2D eigenvalue weighted by atomic mass is 32.2. The predicted molar refractivity (Wildman–Crippen MR) is 87.5 cm³/mol. The zero-order valence-corrected chi connectivity index (χ0v) is 14.9. The lowest BCUT2D eigenvalue weighted by Gasteiger charge is -2.13. The lowest BCUT2D eigenvalue weighted by atomic mass is 10.3. The molecular weight excluding hydrogens is 356 g/mol. The minimum Gasteiger partial charge on any atom is -0.479 e. The molecule has 0 spiro atoms. The Morgan fingerprint density at radius 2 is 2.04 bits per heavy atom.